The lowest BCUT2D eigenvalue weighted by atomic mass is 9.88. The highest BCUT2D eigenvalue weighted by molar-refractivity contribution is 7.17. The molecule has 0 radical (unpaired) electrons. The van der Waals surface area contributed by atoms with Crippen LogP contribution in [0.25, 0.3) is 0 Å². The molecule has 29 heavy (non-hydrogen) atoms. The van der Waals surface area contributed by atoms with Crippen molar-refractivity contribution in [2.45, 2.75) is 33.1 Å². The Labute approximate surface area is 176 Å². The number of hydrogen-bond donors (Lipinski definition) is 1. The van der Waals surface area contributed by atoms with Crippen LogP contribution in [-0.4, -0.2) is 54.3 Å². The third kappa shape index (κ3) is 4.23. The molecule has 5 nitrogen and oxygen atoms in total. The van der Waals surface area contributed by atoms with E-state index in [1.165, 1.54) is 10.4 Å². The van der Waals surface area contributed by atoms with Gasteiger partial charge in [0.05, 0.1) is 5.56 Å². The molecule has 1 aliphatic carbocycles. The summed E-state index contributed by atoms with van der Waals surface area (Å²) in [5.74, 6) is 0.549. The van der Waals surface area contributed by atoms with Gasteiger partial charge in [-0.1, -0.05) is 32.0 Å². The maximum atomic E-state index is 13.5. The maximum Gasteiger partial charge on any atom is 0.257 e. The first-order chi connectivity index (χ1) is 14.1. The number of piperazine rings is 1. The Morgan fingerprint density at radius 3 is 2.55 bits per heavy atom. The number of benzene rings is 1. The number of amides is 2. The monoisotopic (exact) mass is 411 g/mol. The predicted octanol–water partition coefficient (Wildman–Crippen LogP) is 3.90. The molecule has 1 atom stereocenters. The van der Waals surface area contributed by atoms with Crippen LogP contribution >= 0.6 is 11.3 Å². The predicted molar refractivity (Wildman–Crippen MR) is 118 cm³/mol. The Kier molecular flexibility index (Phi) is 6.01. The van der Waals surface area contributed by atoms with E-state index in [1.807, 2.05) is 23.1 Å². The zero-order valence-electron chi connectivity index (χ0n) is 17.2. The summed E-state index contributed by atoms with van der Waals surface area (Å²) in [5.41, 5.74) is 2.52. The van der Waals surface area contributed by atoms with Gasteiger partial charge in [0.25, 0.3) is 11.8 Å². The average Bonchev–Trinajstić information content (AvgIpc) is 3.10. The largest absolute Gasteiger partial charge is 0.336 e. The van der Waals surface area contributed by atoms with Crippen molar-refractivity contribution in [3.8, 4) is 0 Å². The molecule has 154 valence electrons. The Morgan fingerprint density at radius 2 is 1.86 bits per heavy atom. The third-order valence-electron chi connectivity index (χ3n) is 6.10. The number of thiophene rings is 1. The Morgan fingerprint density at radius 1 is 1.14 bits per heavy atom. The molecule has 0 saturated carbocycles. The van der Waals surface area contributed by atoms with Crippen molar-refractivity contribution in [2.24, 2.45) is 5.92 Å². The summed E-state index contributed by atoms with van der Waals surface area (Å²) in [6.45, 7) is 8.77. The van der Waals surface area contributed by atoms with Crippen molar-refractivity contribution >= 4 is 28.2 Å². The molecule has 1 aromatic carbocycles. The van der Waals surface area contributed by atoms with Crippen LogP contribution in [0.2, 0.25) is 0 Å². The van der Waals surface area contributed by atoms with E-state index in [0.29, 0.717) is 11.5 Å². The van der Waals surface area contributed by atoms with E-state index in [-0.39, 0.29) is 11.8 Å². The number of fused-ring (bicyclic) bond motifs is 1. The molecule has 0 spiro atoms. The van der Waals surface area contributed by atoms with E-state index in [0.717, 1.165) is 62.6 Å². The van der Waals surface area contributed by atoms with Crippen molar-refractivity contribution in [1.29, 1.82) is 0 Å². The summed E-state index contributed by atoms with van der Waals surface area (Å²) in [6, 6.07) is 9.21. The molecule has 0 unspecified atom stereocenters. The normalized spacial score (nSPS) is 19.7. The van der Waals surface area contributed by atoms with Crippen molar-refractivity contribution in [2.75, 3.05) is 38.0 Å². The van der Waals surface area contributed by atoms with Gasteiger partial charge in [0.15, 0.2) is 0 Å². The average molecular weight is 412 g/mol. The molecule has 2 amide bonds. The molecule has 1 saturated heterocycles. The number of carbonyl (C=O) groups excluding carboxylic acids is 2. The molecule has 6 heteroatoms. The molecule has 0 bridgehead atoms. The number of nitrogens with zero attached hydrogens (tertiary/aromatic N) is 2. The van der Waals surface area contributed by atoms with E-state index < -0.39 is 0 Å². The van der Waals surface area contributed by atoms with Gasteiger partial charge >= 0.3 is 0 Å². The Hall–Kier alpha value is -2.18. The molecule has 1 N–H and O–H groups in total. The zero-order valence-corrected chi connectivity index (χ0v) is 18.1. The van der Waals surface area contributed by atoms with Crippen LogP contribution in [-0.2, 0) is 12.8 Å². The number of nitrogens with one attached hydrogen (secondary N) is 1. The third-order valence-corrected chi connectivity index (χ3v) is 7.27. The first-order valence-electron chi connectivity index (χ1n) is 10.6. The SMILES string of the molecule is CCN1CCN(C(=O)c2c(NC(=O)c3ccccc3)sc3c2CC[C@@H](C)C3)CC1. The zero-order chi connectivity index (χ0) is 20.4. The lowest BCUT2D eigenvalue weighted by Crippen LogP contribution is -2.48. The first-order valence-corrected chi connectivity index (χ1v) is 11.4. The molecule has 2 aromatic rings. The minimum atomic E-state index is -0.151. The molecule has 2 heterocycles. The number of rotatable bonds is 4. The molecule has 1 aliphatic heterocycles. The number of carbonyl (C=O) groups is 2. The van der Waals surface area contributed by atoms with E-state index in [4.69, 9.17) is 0 Å². The first kappa shape index (κ1) is 20.1. The standard InChI is InChI=1S/C23H29N3O2S/c1-3-25-11-13-26(14-12-25)23(28)20-18-10-9-16(2)15-19(18)29-22(20)24-21(27)17-7-5-4-6-8-17/h4-8,16H,3,9-15H2,1-2H3,(H,24,27)/t16-/m1/s1. The molecule has 4 rings (SSSR count). The summed E-state index contributed by atoms with van der Waals surface area (Å²) in [7, 11) is 0. The Bertz CT molecular complexity index is 885. The van der Waals surface area contributed by atoms with Crippen LogP contribution in [0.4, 0.5) is 5.00 Å². The Balaban J connectivity index is 1.63. The van der Waals surface area contributed by atoms with E-state index >= 15 is 0 Å². The van der Waals surface area contributed by atoms with Gasteiger partial charge in [-0.2, -0.15) is 0 Å². The molecular formula is C23H29N3O2S. The van der Waals surface area contributed by atoms with E-state index in [9.17, 15) is 9.59 Å². The van der Waals surface area contributed by atoms with Crippen molar-refractivity contribution in [3.05, 3.63) is 51.9 Å². The second kappa shape index (κ2) is 8.67. The molecular weight excluding hydrogens is 382 g/mol. The van der Waals surface area contributed by atoms with Crippen LogP contribution in [0, 0.1) is 5.92 Å². The van der Waals surface area contributed by atoms with E-state index in [1.54, 1.807) is 23.5 Å². The summed E-state index contributed by atoms with van der Waals surface area (Å²) in [6.07, 6.45) is 3.01. The van der Waals surface area contributed by atoms with Gasteiger partial charge in [0.2, 0.25) is 0 Å². The molecule has 1 aromatic heterocycles. The van der Waals surface area contributed by atoms with Gasteiger partial charge in [-0.3, -0.25) is 9.59 Å². The number of anilines is 1. The van der Waals surface area contributed by atoms with Crippen LogP contribution in [0.1, 0.15) is 51.4 Å². The summed E-state index contributed by atoms with van der Waals surface area (Å²) >= 11 is 1.60. The smallest absolute Gasteiger partial charge is 0.257 e. The van der Waals surface area contributed by atoms with Gasteiger partial charge in [-0.05, 0) is 49.4 Å². The minimum absolute atomic E-state index is 0.0798. The second-order valence-electron chi connectivity index (χ2n) is 8.10. The van der Waals surface area contributed by atoms with Crippen LogP contribution in [0.5, 0.6) is 0 Å². The summed E-state index contributed by atoms with van der Waals surface area (Å²) in [4.78, 5) is 31.9. The van der Waals surface area contributed by atoms with Crippen molar-refractivity contribution in [1.82, 2.24) is 9.80 Å². The highest BCUT2D eigenvalue weighted by Gasteiger charge is 2.32. The van der Waals surface area contributed by atoms with E-state index in [2.05, 4.69) is 24.1 Å². The van der Waals surface area contributed by atoms with Crippen molar-refractivity contribution < 1.29 is 9.59 Å². The fraction of sp³-hybridized carbons (Fsp3) is 0.478. The maximum absolute atomic E-state index is 13.5. The second-order valence-corrected chi connectivity index (χ2v) is 9.21. The van der Waals surface area contributed by atoms with Gasteiger partial charge < -0.3 is 15.1 Å². The molecule has 2 aliphatic rings. The lowest BCUT2D eigenvalue weighted by Gasteiger charge is -2.34. The van der Waals surface area contributed by atoms with Gasteiger partial charge in [0, 0.05) is 36.6 Å². The van der Waals surface area contributed by atoms with Gasteiger partial charge in [-0.15, -0.1) is 11.3 Å². The quantitative estimate of drug-likeness (QED) is 0.830. The number of likely N-dealkylation sites (N-methyl/N-ethyl adjacent to an activating group) is 1. The van der Waals surface area contributed by atoms with Gasteiger partial charge in [0.1, 0.15) is 5.00 Å². The summed E-state index contributed by atoms with van der Waals surface area (Å²) in [5, 5.41) is 3.78. The van der Waals surface area contributed by atoms with Crippen molar-refractivity contribution in [3.63, 3.8) is 0 Å². The van der Waals surface area contributed by atoms with Crippen LogP contribution in [0.3, 0.4) is 0 Å². The highest BCUT2D eigenvalue weighted by Crippen LogP contribution is 2.40. The van der Waals surface area contributed by atoms with Gasteiger partial charge in [-0.25, -0.2) is 0 Å². The van der Waals surface area contributed by atoms with Crippen LogP contribution < -0.4 is 5.32 Å². The number of hydrogen-bond acceptors (Lipinski definition) is 4. The lowest BCUT2D eigenvalue weighted by molar-refractivity contribution is 0.0643. The topological polar surface area (TPSA) is 52.6 Å². The minimum Gasteiger partial charge on any atom is -0.336 e. The summed E-state index contributed by atoms with van der Waals surface area (Å²) < 4.78 is 0. The van der Waals surface area contributed by atoms with Crippen LogP contribution in [0.15, 0.2) is 30.3 Å². The highest BCUT2D eigenvalue weighted by atomic mass is 32.1. The fourth-order valence-electron chi connectivity index (χ4n) is 4.26. The fourth-order valence-corrected chi connectivity index (χ4v) is 5.65. The molecule has 1 fully saturated rings.